The van der Waals surface area contributed by atoms with E-state index in [0.717, 1.165) is 23.9 Å². The quantitative estimate of drug-likeness (QED) is 0.814. The zero-order valence-electron chi connectivity index (χ0n) is 11.9. The average molecular weight is 323 g/mol. The first-order chi connectivity index (χ1) is 10.6. The fraction of sp³-hybridized carbons (Fsp3) is 0.188. The summed E-state index contributed by atoms with van der Waals surface area (Å²) >= 11 is 1.13. The molecule has 2 rings (SSSR count). The molecule has 1 amide bonds. The summed E-state index contributed by atoms with van der Waals surface area (Å²) in [6.45, 7) is 2.36. The number of halogens is 2. The minimum Gasteiger partial charge on any atom is -0.492 e. The van der Waals surface area contributed by atoms with E-state index in [1.54, 1.807) is 18.2 Å². The maximum Gasteiger partial charge on any atom is 0.234 e. The van der Waals surface area contributed by atoms with Crippen molar-refractivity contribution in [3.05, 3.63) is 54.1 Å². The standard InChI is InChI=1S/C16H15F2NO2S/c1-2-21-15-6-4-3-5-14(15)19-16(20)10-22-11-7-8-12(17)13(18)9-11/h3-9H,2,10H2,1H3,(H,19,20). The number of hydrogen-bond acceptors (Lipinski definition) is 3. The fourth-order valence-corrected chi connectivity index (χ4v) is 2.47. The van der Waals surface area contributed by atoms with Crippen LogP contribution in [0.3, 0.4) is 0 Å². The lowest BCUT2D eigenvalue weighted by Gasteiger charge is -2.11. The number of hydrogen-bond donors (Lipinski definition) is 1. The highest BCUT2D eigenvalue weighted by Gasteiger charge is 2.09. The molecular weight excluding hydrogens is 308 g/mol. The average Bonchev–Trinajstić information content (AvgIpc) is 2.51. The molecule has 116 valence electrons. The van der Waals surface area contributed by atoms with Gasteiger partial charge in [-0.2, -0.15) is 0 Å². The van der Waals surface area contributed by atoms with Gasteiger partial charge in [0.15, 0.2) is 11.6 Å². The molecule has 1 N–H and O–H groups in total. The number of amides is 1. The van der Waals surface area contributed by atoms with E-state index in [4.69, 9.17) is 4.74 Å². The zero-order chi connectivity index (χ0) is 15.9. The predicted molar refractivity (Wildman–Crippen MR) is 83.3 cm³/mol. The van der Waals surface area contributed by atoms with Gasteiger partial charge in [0.25, 0.3) is 0 Å². The summed E-state index contributed by atoms with van der Waals surface area (Å²) < 4.78 is 31.3. The van der Waals surface area contributed by atoms with Crippen LogP contribution in [-0.4, -0.2) is 18.3 Å². The van der Waals surface area contributed by atoms with Gasteiger partial charge in [0, 0.05) is 4.90 Å². The molecule has 3 nitrogen and oxygen atoms in total. The Morgan fingerprint density at radius 2 is 1.95 bits per heavy atom. The summed E-state index contributed by atoms with van der Waals surface area (Å²) in [7, 11) is 0. The minimum atomic E-state index is -0.924. The molecule has 0 aliphatic heterocycles. The van der Waals surface area contributed by atoms with Crippen LogP contribution < -0.4 is 10.1 Å². The van der Waals surface area contributed by atoms with Gasteiger partial charge in [-0.15, -0.1) is 11.8 Å². The van der Waals surface area contributed by atoms with Gasteiger partial charge >= 0.3 is 0 Å². The van der Waals surface area contributed by atoms with E-state index in [1.165, 1.54) is 6.07 Å². The van der Waals surface area contributed by atoms with Crippen molar-refractivity contribution in [1.29, 1.82) is 0 Å². The fourth-order valence-electron chi connectivity index (χ4n) is 1.75. The molecule has 0 aliphatic rings. The summed E-state index contributed by atoms with van der Waals surface area (Å²) in [6.07, 6.45) is 0. The number of carbonyl (C=O) groups is 1. The maximum atomic E-state index is 13.1. The molecule has 2 aromatic rings. The van der Waals surface area contributed by atoms with Crippen molar-refractivity contribution in [2.75, 3.05) is 17.7 Å². The molecular formula is C16H15F2NO2S. The zero-order valence-corrected chi connectivity index (χ0v) is 12.8. The van der Waals surface area contributed by atoms with Gasteiger partial charge in [-0.05, 0) is 37.3 Å². The monoisotopic (exact) mass is 323 g/mol. The van der Waals surface area contributed by atoms with Crippen LogP contribution in [0.15, 0.2) is 47.4 Å². The van der Waals surface area contributed by atoms with Gasteiger partial charge in [-0.25, -0.2) is 8.78 Å². The summed E-state index contributed by atoms with van der Waals surface area (Å²) in [6, 6.07) is 10.7. The SMILES string of the molecule is CCOc1ccccc1NC(=O)CSc1ccc(F)c(F)c1. The second-order valence-corrected chi connectivity index (χ2v) is 5.39. The van der Waals surface area contributed by atoms with Crippen LogP contribution in [0, 0.1) is 11.6 Å². The third-order valence-electron chi connectivity index (χ3n) is 2.72. The van der Waals surface area contributed by atoms with Gasteiger partial charge < -0.3 is 10.1 Å². The van der Waals surface area contributed by atoms with Crippen LogP contribution in [0.2, 0.25) is 0 Å². The molecule has 0 spiro atoms. The molecule has 6 heteroatoms. The Labute approximate surface area is 131 Å². The summed E-state index contributed by atoms with van der Waals surface area (Å²) in [4.78, 5) is 12.4. The molecule has 22 heavy (non-hydrogen) atoms. The van der Waals surface area contributed by atoms with Crippen molar-refractivity contribution in [2.24, 2.45) is 0 Å². The van der Waals surface area contributed by atoms with Crippen LogP contribution in [0.1, 0.15) is 6.92 Å². The number of anilines is 1. The predicted octanol–water partition coefficient (Wildman–Crippen LogP) is 4.09. The summed E-state index contributed by atoms with van der Waals surface area (Å²) in [5.74, 6) is -1.39. The minimum absolute atomic E-state index is 0.0888. The molecule has 0 unspecified atom stereocenters. The van der Waals surface area contributed by atoms with Gasteiger partial charge in [0.05, 0.1) is 18.0 Å². The van der Waals surface area contributed by atoms with Crippen molar-refractivity contribution in [1.82, 2.24) is 0 Å². The second kappa shape index (κ2) is 7.79. The molecule has 2 aromatic carbocycles. The molecule has 0 atom stereocenters. The van der Waals surface area contributed by atoms with E-state index in [-0.39, 0.29) is 11.7 Å². The number of nitrogens with one attached hydrogen (secondary N) is 1. The van der Waals surface area contributed by atoms with Crippen LogP contribution in [-0.2, 0) is 4.79 Å². The molecule has 0 heterocycles. The normalized spacial score (nSPS) is 10.3. The van der Waals surface area contributed by atoms with Crippen molar-refractivity contribution >= 4 is 23.4 Å². The van der Waals surface area contributed by atoms with Crippen molar-refractivity contribution < 1.29 is 18.3 Å². The Bertz CT molecular complexity index is 664. The number of rotatable bonds is 6. The number of carbonyl (C=O) groups excluding carboxylic acids is 1. The van der Waals surface area contributed by atoms with Crippen LogP contribution in [0.5, 0.6) is 5.75 Å². The molecule has 0 radical (unpaired) electrons. The van der Waals surface area contributed by atoms with Gasteiger partial charge in [0.1, 0.15) is 5.75 Å². The van der Waals surface area contributed by atoms with E-state index in [1.807, 2.05) is 13.0 Å². The second-order valence-electron chi connectivity index (χ2n) is 4.34. The van der Waals surface area contributed by atoms with Crippen LogP contribution in [0.25, 0.3) is 0 Å². The lowest BCUT2D eigenvalue weighted by Crippen LogP contribution is -2.14. The topological polar surface area (TPSA) is 38.3 Å². The Balaban J connectivity index is 1.94. The number of ether oxygens (including phenoxy) is 1. The van der Waals surface area contributed by atoms with E-state index in [9.17, 15) is 13.6 Å². The lowest BCUT2D eigenvalue weighted by molar-refractivity contribution is -0.113. The molecule has 0 fully saturated rings. The van der Waals surface area contributed by atoms with E-state index in [2.05, 4.69) is 5.32 Å². The Kier molecular flexibility index (Phi) is 5.77. The van der Waals surface area contributed by atoms with E-state index in [0.29, 0.717) is 22.9 Å². The van der Waals surface area contributed by atoms with E-state index >= 15 is 0 Å². The molecule has 0 saturated heterocycles. The summed E-state index contributed by atoms with van der Waals surface area (Å²) in [5, 5.41) is 2.74. The van der Waals surface area contributed by atoms with Crippen LogP contribution in [0.4, 0.5) is 14.5 Å². The Morgan fingerprint density at radius 3 is 2.68 bits per heavy atom. The highest BCUT2D eigenvalue weighted by molar-refractivity contribution is 8.00. The third kappa shape index (κ3) is 4.46. The first-order valence-corrected chi connectivity index (χ1v) is 7.68. The highest BCUT2D eigenvalue weighted by Crippen LogP contribution is 2.25. The van der Waals surface area contributed by atoms with Gasteiger partial charge in [-0.1, -0.05) is 12.1 Å². The molecule has 0 aromatic heterocycles. The van der Waals surface area contributed by atoms with Gasteiger partial charge in [0.2, 0.25) is 5.91 Å². The van der Waals surface area contributed by atoms with Crippen molar-refractivity contribution in [3.8, 4) is 5.75 Å². The number of para-hydroxylation sites is 2. The first-order valence-electron chi connectivity index (χ1n) is 6.69. The first kappa shape index (κ1) is 16.3. The van der Waals surface area contributed by atoms with Gasteiger partial charge in [-0.3, -0.25) is 4.79 Å². The molecule has 0 bridgehead atoms. The third-order valence-corrected chi connectivity index (χ3v) is 3.72. The molecule has 0 saturated carbocycles. The smallest absolute Gasteiger partial charge is 0.234 e. The van der Waals surface area contributed by atoms with E-state index < -0.39 is 11.6 Å². The summed E-state index contributed by atoms with van der Waals surface area (Å²) in [5.41, 5.74) is 0.584. The number of benzene rings is 2. The largest absolute Gasteiger partial charge is 0.492 e. The lowest BCUT2D eigenvalue weighted by atomic mass is 10.3. The van der Waals surface area contributed by atoms with Crippen molar-refractivity contribution in [3.63, 3.8) is 0 Å². The molecule has 0 aliphatic carbocycles. The van der Waals surface area contributed by atoms with Crippen molar-refractivity contribution in [2.45, 2.75) is 11.8 Å². The number of thioether (sulfide) groups is 1. The Hall–Kier alpha value is -2.08. The Morgan fingerprint density at radius 1 is 1.18 bits per heavy atom. The van der Waals surface area contributed by atoms with Crippen LogP contribution >= 0.6 is 11.8 Å². The maximum absolute atomic E-state index is 13.1. The highest BCUT2D eigenvalue weighted by atomic mass is 32.2.